The van der Waals surface area contributed by atoms with Crippen LogP contribution in [0, 0.1) is 6.92 Å². The van der Waals surface area contributed by atoms with Crippen LogP contribution in [0.25, 0.3) is 0 Å². The van der Waals surface area contributed by atoms with Crippen LogP contribution in [0.5, 0.6) is 5.75 Å². The molecule has 2 N–H and O–H groups in total. The van der Waals surface area contributed by atoms with E-state index in [1.807, 2.05) is 13.8 Å². The van der Waals surface area contributed by atoms with E-state index in [2.05, 4.69) is 0 Å². The molecule has 0 amide bonds. The van der Waals surface area contributed by atoms with E-state index in [1.54, 1.807) is 40.1 Å². The quantitative estimate of drug-likeness (QED) is 0.855. The van der Waals surface area contributed by atoms with Crippen LogP contribution in [0.2, 0.25) is 0 Å². The summed E-state index contributed by atoms with van der Waals surface area (Å²) in [5, 5.41) is 0. The Labute approximate surface area is 140 Å². The van der Waals surface area contributed by atoms with Crippen molar-refractivity contribution in [1.29, 1.82) is 0 Å². The van der Waals surface area contributed by atoms with Crippen molar-refractivity contribution in [2.45, 2.75) is 44.6 Å². The highest BCUT2D eigenvalue weighted by Gasteiger charge is 2.27. The number of hydrogen-bond acceptors (Lipinski definition) is 4. The second-order valence-corrected chi connectivity index (χ2v) is 7.59. The first kappa shape index (κ1) is 21.2. The molecule has 0 spiro atoms. The lowest BCUT2D eigenvalue weighted by Gasteiger charge is -2.25. The van der Waals surface area contributed by atoms with Crippen LogP contribution in [0.4, 0.5) is 0 Å². The minimum atomic E-state index is -3.56. The predicted molar refractivity (Wildman–Crippen MR) is 92.5 cm³/mol. The molecule has 0 heterocycles. The van der Waals surface area contributed by atoms with Gasteiger partial charge in [0.15, 0.2) is 0 Å². The predicted octanol–water partition coefficient (Wildman–Crippen LogP) is 2.52. The largest absolute Gasteiger partial charge is 0.496 e. The van der Waals surface area contributed by atoms with E-state index in [9.17, 15) is 8.42 Å². The third-order valence-corrected chi connectivity index (χ3v) is 5.88. The van der Waals surface area contributed by atoms with Gasteiger partial charge in [0.2, 0.25) is 10.0 Å². The SMILES string of the molecule is COc1cc(C)c(S(=O)(=O)N(C)C(C)CN)cc1C(C)C.Cl. The lowest BCUT2D eigenvalue weighted by atomic mass is 10.0. The van der Waals surface area contributed by atoms with Gasteiger partial charge in [-0.05, 0) is 43.0 Å². The third-order valence-electron chi connectivity index (χ3n) is 3.77. The Morgan fingerprint density at radius 3 is 2.23 bits per heavy atom. The van der Waals surface area contributed by atoms with E-state index in [4.69, 9.17) is 10.5 Å². The molecule has 0 fully saturated rings. The zero-order valence-corrected chi connectivity index (χ0v) is 15.7. The number of rotatable bonds is 6. The first-order valence-corrected chi connectivity index (χ1v) is 8.47. The van der Waals surface area contributed by atoms with Gasteiger partial charge in [0.1, 0.15) is 5.75 Å². The van der Waals surface area contributed by atoms with Gasteiger partial charge in [0.05, 0.1) is 12.0 Å². The van der Waals surface area contributed by atoms with Crippen molar-refractivity contribution in [3.63, 3.8) is 0 Å². The average molecular weight is 351 g/mol. The van der Waals surface area contributed by atoms with E-state index < -0.39 is 10.0 Å². The number of aryl methyl sites for hydroxylation is 1. The van der Waals surface area contributed by atoms with E-state index in [1.165, 1.54) is 4.31 Å². The van der Waals surface area contributed by atoms with E-state index in [0.717, 1.165) is 11.3 Å². The summed E-state index contributed by atoms with van der Waals surface area (Å²) < 4.78 is 32.2. The molecule has 0 aliphatic carbocycles. The van der Waals surface area contributed by atoms with Crippen molar-refractivity contribution >= 4 is 22.4 Å². The lowest BCUT2D eigenvalue weighted by Crippen LogP contribution is -2.39. The molecule has 1 unspecified atom stereocenters. The number of sulfonamides is 1. The smallest absolute Gasteiger partial charge is 0.243 e. The fourth-order valence-corrected chi connectivity index (χ4v) is 3.74. The van der Waals surface area contributed by atoms with Gasteiger partial charge in [-0.1, -0.05) is 13.8 Å². The van der Waals surface area contributed by atoms with Gasteiger partial charge >= 0.3 is 0 Å². The normalized spacial score (nSPS) is 13.1. The maximum absolute atomic E-state index is 12.8. The second kappa shape index (κ2) is 8.15. The number of halogens is 1. The Morgan fingerprint density at radius 1 is 1.27 bits per heavy atom. The standard InChI is InChI=1S/C15H26N2O3S.ClH/c1-10(2)13-8-15(11(3)7-14(13)20-6)21(18,19)17(5)12(4)9-16;/h7-8,10,12H,9,16H2,1-6H3;1H. The van der Waals surface area contributed by atoms with E-state index in [-0.39, 0.29) is 30.9 Å². The molecular formula is C15H27ClN2O3S. The molecule has 0 aromatic heterocycles. The van der Waals surface area contributed by atoms with Gasteiger partial charge in [0.25, 0.3) is 0 Å². The van der Waals surface area contributed by atoms with Gasteiger partial charge in [-0.3, -0.25) is 0 Å². The molecule has 0 bridgehead atoms. The van der Waals surface area contributed by atoms with Crippen molar-refractivity contribution in [2.75, 3.05) is 20.7 Å². The molecule has 0 aliphatic heterocycles. The molecule has 0 radical (unpaired) electrons. The summed E-state index contributed by atoms with van der Waals surface area (Å²) in [6.07, 6.45) is 0. The molecule has 0 aliphatic rings. The molecule has 22 heavy (non-hydrogen) atoms. The van der Waals surface area contributed by atoms with Crippen molar-refractivity contribution in [2.24, 2.45) is 5.73 Å². The summed E-state index contributed by atoms with van der Waals surface area (Å²) in [6, 6.07) is 3.25. The van der Waals surface area contributed by atoms with E-state index >= 15 is 0 Å². The number of likely N-dealkylation sites (N-methyl/N-ethyl adjacent to an activating group) is 1. The highest BCUT2D eigenvalue weighted by atomic mass is 35.5. The zero-order chi connectivity index (χ0) is 16.4. The Morgan fingerprint density at radius 2 is 1.82 bits per heavy atom. The zero-order valence-electron chi connectivity index (χ0n) is 14.1. The Bertz CT molecular complexity index is 603. The fourth-order valence-electron chi connectivity index (χ4n) is 2.12. The van der Waals surface area contributed by atoms with Gasteiger partial charge < -0.3 is 10.5 Å². The van der Waals surface area contributed by atoms with Gasteiger partial charge in [0, 0.05) is 19.6 Å². The first-order valence-electron chi connectivity index (χ1n) is 7.03. The Kier molecular flexibility index (Phi) is 7.85. The maximum atomic E-state index is 12.8. The number of methoxy groups -OCH3 is 1. The summed E-state index contributed by atoms with van der Waals surface area (Å²) in [6.45, 7) is 7.87. The van der Waals surface area contributed by atoms with Crippen LogP contribution in [-0.2, 0) is 10.0 Å². The molecule has 0 saturated heterocycles. The summed E-state index contributed by atoms with van der Waals surface area (Å²) in [5.74, 6) is 0.891. The highest BCUT2D eigenvalue weighted by molar-refractivity contribution is 7.89. The van der Waals surface area contributed by atoms with Crippen LogP contribution in [0.15, 0.2) is 17.0 Å². The Hall–Kier alpha value is -0.820. The minimum absolute atomic E-state index is 0. The van der Waals surface area contributed by atoms with Crippen LogP contribution >= 0.6 is 12.4 Å². The molecule has 128 valence electrons. The third kappa shape index (κ3) is 4.13. The molecule has 1 aromatic carbocycles. The van der Waals surface area contributed by atoms with Crippen LogP contribution in [0.1, 0.15) is 37.8 Å². The summed E-state index contributed by atoms with van der Waals surface area (Å²) >= 11 is 0. The van der Waals surface area contributed by atoms with Crippen LogP contribution in [-0.4, -0.2) is 39.5 Å². The molecule has 1 atom stereocenters. The topological polar surface area (TPSA) is 72.6 Å². The summed E-state index contributed by atoms with van der Waals surface area (Å²) in [7, 11) is -0.408. The van der Waals surface area contributed by atoms with Crippen molar-refractivity contribution in [1.82, 2.24) is 4.31 Å². The maximum Gasteiger partial charge on any atom is 0.243 e. The van der Waals surface area contributed by atoms with E-state index in [0.29, 0.717) is 10.5 Å². The van der Waals surface area contributed by atoms with Crippen molar-refractivity contribution < 1.29 is 13.2 Å². The van der Waals surface area contributed by atoms with Gasteiger partial charge in [-0.25, -0.2) is 8.42 Å². The highest BCUT2D eigenvalue weighted by Crippen LogP contribution is 2.32. The van der Waals surface area contributed by atoms with Crippen molar-refractivity contribution in [3.8, 4) is 5.75 Å². The number of hydrogen-bond donors (Lipinski definition) is 1. The number of nitrogens with zero attached hydrogens (tertiary/aromatic N) is 1. The molecule has 5 nitrogen and oxygen atoms in total. The second-order valence-electron chi connectivity index (χ2n) is 5.62. The van der Waals surface area contributed by atoms with Crippen LogP contribution in [0.3, 0.4) is 0 Å². The van der Waals surface area contributed by atoms with Crippen molar-refractivity contribution in [3.05, 3.63) is 23.3 Å². The number of nitrogens with two attached hydrogens (primary N) is 1. The molecule has 1 rings (SSSR count). The van der Waals surface area contributed by atoms with Gasteiger partial charge in [-0.2, -0.15) is 4.31 Å². The molecule has 7 heteroatoms. The molecule has 1 aromatic rings. The average Bonchev–Trinajstić information content (AvgIpc) is 2.44. The number of ether oxygens (including phenoxy) is 1. The Balaban J connectivity index is 0.00000441. The minimum Gasteiger partial charge on any atom is -0.496 e. The number of benzene rings is 1. The molecular weight excluding hydrogens is 324 g/mol. The molecule has 0 saturated carbocycles. The first-order chi connectivity index (χ1) is 9.66. The monoisotopic (exact) mass is 350 g/mol. The summed E-state index contributed by atoms with van der Waals surface area (Å²) in [5.41, 5.74) is 7.14. The van der Waals surface area contributed by atoms with Gasteiger partial charge in [-0.15, -0.1) is 12.4 Å². The van der Waals surface area contributed by atoms with Crippen LogP contribution < -0.4 is 10.5 Å². The summed E-state index contributed by atoms with van der Waals surface area (Å²) in [4.78, 5) is 0.315. The lowest BCUT2D eigenvalue weighted by molar-refractivity contribution is 0.393. The fraction of sp³-hybridized carbons (Fsp3) is 0.600.